The minimum Gasteiger partial charge on any atom is -0.293 e. The number of fused-ring (bicyclic) bond motifs is 1. The summed E-state index contributed by atoms with van der Waals surface area (Å²) in [5.74, 6) is 0.513. The highest BCUT2D eigenvalue weighted by Gasteiger charge is 2.41. The van der Waals surface area contributed by atoms with E-state index in [1.165, 1.54) is 69.8 Å². The zero-order valence-corrected chi connectivity index (χ0v) is 15.8. The van der Waals surface area contributed by atoms with Gasteiger partial charge in [0.2, 0.25) is 0 Å². The van der Waals surface area contributed by atoms with E-state index in [0.29, 0.717) is 11.4 Å². The minimum absolute atomic E-state index is 0.129. The zero-order valence-electron chi connectivity index (χ0n) is 14.9. The number of aryl methyl sites for hydroxylation is 1. The fourth-order valence-corrected chi connectivity index (χ4v) is 9.81. The molecular formula is C22H31OP. The van der Waals surface area contributed by atoms with Crippen LogP contribution >= 0.6 is 7.92 Å². The number of ketones is 1. The Morgan fingerprint density at radius 3 is 1.96 bits per heavy atom. The number of carbonyl (C=O) groups is 1. The van der Waals surface area contributed by atoms with Crippen molar-refractivity contribution in [1.82, 2.24) is 0 Å². The summed E-state index contributed by atoms with van der Waals surface area (Å²) in [6, 6.07) is 8.42. The van der Waals surface area contributed by atoms with Gasteiger partial charge in [0.25, 0.3) is 0 Å². The first kappa shape index (κ1) is 16.8. The van der Waals surface area contributed by atoms with Crippen molar-refractivity contribution in [3.8, 4) is 0 Å². The maximum atomic E-state index is 13.4. The molecule has 3 aliphatic rings. The molecule has 24 heavy (non-hydrogen) atoms. The SMILES string of the molecule is O=C1c2ccccc2CCC1P(C1CCCCC1)C1CCCCC1. The maximum Gasteiger partial charge on any atom is 0.170 e. The van der Waals surface area contributed by atoms with Crippen molar-refractivity contribution in [2.24, 2.45) is 0 Å². The van der Waals surface area contributed by atoms with Crippen molar-refractivity contribution in [3.63, 3.8) is 0 Å². The highest BCUT2D eigenvalue weighted by Crippen LogP contribution is 2.61. The molecule has 1 unspecified atom stereocenters. The molecule has 0 heterocycles. The highest BCUT2D eigenvalue weighted by atomic mass is 31.1. The van der Waals surface area contributed by atoms with Crippen molar-refractivity contribution in [2.45, 2.75) is 94.0 Å². The number of carbonyl (C=O) groups excluding carboxylic acids is 1. The molecule has 0 aliphatic heterocycles. The average molecular weight is 342 g/mol. The van der Waals surface area contributed by atoms with Gasteiger partial charge in [-0.25, -0.2) is 0 Å². The standard InChI is InChI=1S/C22H31OP/c23-22-20-14-8-7-9-17(20)15-16-21(22)24(18-10-3-1-4-11-18)19-12-5-2-6-13-19/h7-9,14,18-19,21H,1-6,10-13,15-16H2. The van der Waals surface area contributed by atoms with Crippen LogP contribution in [0.4, 0.5) is 0 Å². The van der Waals surface area contributed by atoms with Gasteiger partial charge in [-0.3, -0.25) is 4.79 Å². The van der Waals surface area contributed by atoms with Crippen LogP contribution < -0.4 is 0 Å². The van der Waals surface area contributed by atoms with E-state index in [4.69, 9.17) is 0 Å². The summed E-state index contributed by atoms with van der Waals surface area (Å²) in [5, 5.41) is 0. The second-order valence-corrected chi connectivity index (χ2v) is 11.1. The number of hydrogen-bond donors (Lipinski definition) is 0. The molecule has 1 nitrogen and oxygen atoms in total. The summed E-state index contributed by atoms with van der Waals surface area (Å²) < 4.78 is 0. The Morgan fingerprint density at radius 2 is 1.33 bits per heavy atom. The third kappa shape index (κ3) is 3.34. The van der Waals surface area contributed by atoms with Crippen LogP contribution in [-0.2, 0) is 6.42 Å². The molecule has 4 rings (SSSR count). The molecule has 3 aliphatic carbocycles. The molecule has 2 saturated carbocycles. The molecule has 1 atom stereocenters. The molecule has 2 heteroatoms. The first-order valence-corrected chi connectivity index (χ1v) is 11.8. The number of hydrogen-bond acceptors (Lipinski definition) is 1. The number of Topliss-reactive ketones (excluding diaryl/α,β-unsaturated/α-hetero) is 1. The van der Waals surface area contributed by atoms with E-state index in [1.807, 2.05) is 0 Å². The largest absolute Gasteiger partial charge is 0.293 e. The van der Waals surface area contributed by atoms with E-state index < -0.39 is 0 Å². The van der Waals surface area contributed by atoms with Gasteiger partial charge in [-0.15, -0.1) is 0 Å². The summed E-state index contributed by atoms with van der Waals surface area (Å²) in [7, 11) is -0.129. The molecule has 0 N–H and O–H groups in total. The fourth-order valence-electron chi connectivity index (χ4n) is 5.43. The lowest BCUT2D eigenvalue weighted by Gasteiger charge is -2.43. The predicted molar refractivity (Wildman–Crippen MR) is 104 cm³/mol. The van der Waals surface area contributed by atoms with Crippen molar-refractivity contribution in [2.75, 3.05) is 0 Å². The quantitative estimate of drug-likeness (QED) is 0.586. The van der Waals surface area contributed by atoms with Crippen LogP contribution in [0.3, 0.4) is 0 Å². The van der Waals surface area contributed by atoms with Gasteiger partial charge in [-0.1, -0.05) is 70.7 Å². The molecule has 0 spiro atoms. The lowest BCUT2D eigenvalue weighted by molar-refractivity contribution is 0.0976. The van der Waals surface area contributed by atoms with Gasteiger partial charge in [0, 0.05) is 11.2 Å². The lowest BCUT2D eigenvalue weighted by atomic mass is 9.90. The van der Waals surface area contributed by atoms with E-state index in [-0.39, 0.29) is 7.92 Å². The Kier molecular flexibility index (Phi) is 5.37. The smallest absolute Gasteiger partial charge is 0.170 e. The van der Waals surface area contributed by atoms with Crippen molar-refractivity contribution >= 4 is 13.7 Å². The highest BCUT2D eigenvalue weighted by molar-refractivity contribution is 7.61. The van der Waals surface area contributed by atoms with Gasteiger partial charge in [0.1, 0.15) is 0 Å². The Hall–Kier alpha value is -0.680. The Bertz CT molecular complexity index is 551. The molecule has 1 aromatic carbocycles. The Balaban J connectivity index is 1.61. The third-order valence-electron chi connectivity index (χ3n) is 6.63. The lowest BCUT2D eigenvalue weighted by Crippen LogP contribution is -2.34. The summed E-state index contributed by atoms with van der Waals surface area (Å²) in [5.41, 5.74) is 4.52. The third-order valence-corrected chi connectivity index (χ3v) is 10.6. The predicted octanol–water partition coefficient (Wildman–Crippen LogP) is 6.33. The van der Waals surface area contributed by atoms with Crippen LogP contribution in [0.5, 0.6) is 0 Å². The van der Waals surface area contributed by atoms with Gasteiger partial charge in [-0.05, 0) is 55.4 Å². The Morgan fingerprint density at radius 1 is 0.750 bits per heavy atom. The van der Waals surface area contributed by atoms with Crippen LogP contribution in [-0.4, -0.2) is 22.8 Å². The number of benzene rings is 1. The molecule has 0 radical (unpaired) electrons. The van der Waals surface area contributed by atoms with Crippen LogP contribution in [0.25, 0.3) is 0 Å². The molecule has 130 valence electrons. The van der Waals surface area contributed by atoms with Crippen molar-refractivity contribution in [3.05, 3.63) is 35.4 Å². The van der Waals surface area contributed by atoms with Crippen molar-refractivity contribution < 1.29 is 4.79 Å². The van der Waals surface area contributed by atoms with Gasteiger partial charge in [0.05, 0.1) is 0 Å². The van der Waals surface area contributed by atoms with Gasteiger partial charge in [0.15, 0.2) is 5.78 Å². The second kappa shape index (κ2) is 7.69. The average Bonchev–Trinajstić information content (AvgIpc) is 2.66. The molecule has 0 amide bonds. The summed E-state index contributed by atoms with van der Waals surface area (Å²) in [6.07, 6.45) is 16.4. The molecule has 0 aromatic heterocycles. The molecule has 1 aromatic rings. The van der Waals surface area contributed by atoms with E-state index in [1.54, 1.807) is 0 Å². The Labute approximate surface area is 148 Å². The van der Waals surface area contributed by atoms with Crippen LogP contribution in [0.15, 0.2) is 24.3 Å². The van der Waals surface area contributed by atoms with Gasteiger partial charge < -0.3 is 0 Å². The zero-order chi connectivity index (χ0) is 16.4. The van der Waals surface area contributed by atoms with E-state index in [0.717, 1.165) is 29.7 Å². The van der Waals surface area contributed by atoms with Crippen LogP contribution in [0.1, 0.15) is 86.6 Å². The summed E-state index contributed by atoms with van der Waals surface area (Å²) >= 11 is 0. The molecule has 0 bridgehead atoms. The van der Waals surface area contributed by atoms with Crippen molar-refractivity contribution in [1.29, 1.82) is 0 Å². The van der Waals surface area contributed by atoms with Crippen LogP contribution in [0.2, 0.25) is 0 Å². The van der Waals surface area contributed by atoms with E-state index >= 15 is 0 Å². The fraction of sp³-hybridized carbons (Fsp3) is 0.682. The second-order valence-electron chi connectivity index (χ2n) is 8.11. The molecule has 2 fully saturated rings. The first-order valence-electron chi connectivity index (χ1n) is 10.2. The molecule has 0 saturated heterocycles. The van der Waals surface area contributed by atoms with Crippen LogP contribution in [0, 0.1) is 0 Å². The number of rotatable bonds is 3. The molecular weight excluding hydrogens is 311 g/mol. The normalized spacial score (nSPS) is 26.5. The van der Waals surface area contributed by atoms with E-state index in [9.17, 15) is 4.79 Å². The minimum atomic E-state index is -0.129. The topological polar surface area (TPSA) is 17.1 Å². The first-order chi connectivity index (χ1) is 11.8. The maximum absolute atomic E-state index is 13.4. The van der Waals surface area contributed by atoms with Gasteiger partial charge in [-0.2, -0.15) is 0 Å². The van der Waals surface area contributed by atoms with E-state index in [2.05, 4.69) is 24.3 Å². The summed E-state index contributed by atoms with van der Waals surface area (Å²) in [4.78, 5) is 13.4. The monoisotopic (exact) mass is 342 g/mol. The summed E-state index contributed by atoms with van der Waals surface area (Å²) in [6.45, 7) is 0. The van der Waals surface area contributed by atoms with Gasteiger partial charge >= 0.3 is 0 Å².